The van der Waals surface area contributed by atoms with Gasteiger partial charge in [0.1, 0.15) is 0 Å². The highest BCUT2D eigenvalue weighted by molar-refractivity contribution is 6.30. The maximum absolute atomic E-state index is 12.8. The lowest BCUT2D eigenvalue weighted by Crippen LogP contribution is -2.16. The molecule has 160 valence electrons. The molecule has 0 bridgehead atoms. The zero-order chi connectivity index (χ0) is 22.5. The number of nitrogens with zero attached hydrogens (tertiary/aromatic N) is 3. The standard InChI is InChI=1S/C24H19ClN4O3/c1-2-32-24(31)20-5-3-4-6-21(20)27-23(30)17-9-13-19(14-10-17)29-22(15-26-28-29)16-7-11-18(25)12-8-16/h3-15H,2H2,1H3,(H,27,30). The number of esters is 1. The zero-order valence-corrected chi connectivity index (χ0v) is 17.9. The van der Waals surface area contributed by atoms with Crippen molar-refractivity contribution in [2.24, 2.45) is 0 Å². The molecule has 1 aromatic heterocycles. The first-order chi connectivity index (χ1) is 15.6. The van der Waals surface area contributed by atoms with Gasteiger partial charge in [-0.25, -0.2) is 9.48 Å². The molecule has 1 amide bonds. The number of carbonyl (C=O) groups is 2. The van der Waals surface area contributed by atoms with Crippen LogP contribution >= 0.6 is 11.6 Å². The average molecular weight is 447 g/mol. The van der Waals surface area contributed by atoms with E-state index in [2.05, 4.69) is 15.6 Å². The summed E-state index contributed by atoms with van der Waals surface area (Å²) < 4.78 is 6.74. The molecule has 0 saturated heterocycles. The molecule has 4 rings (SSSR count). The third-order valence-corrected chi connectivity index (χ3v) is 4.99. The van der Waals surface area contributed by atoms with Gasteiger partial charge in [0, 0.05) is 16.1 Å². The van der Waals surface area contributed by atoms with Crippen molar-refractivity contribution in [3.63, 3.8) is 0 Å². The highest BCUT2D eigenvalue weighted by atomic mass is 35.5. The topological polar surface area (TPSA) is 86.1 Å². The number of ether oxygens (including phenoxy) is 1. The minimum absolute atomic E-state index is 0.253. The van der Waals surface area contributed by atoms with Crippen LogP contribution in [0.25, 0.3) is 16.9 Å². The lowest BCUT2D eigenvalue weighted by molar-refractivity contribution is 0.0527. The summed E-state index contributed by atoms with van der Waals surface area (Å²) in [6.45, 7) is 1.98. The molecule has 0 radical (unpaired) electrons. The van der Waals surface area contributed by atoms with Crippen LogP contribution in [-0.4, -0.2) is 33.5 Å². The van der Waals surface area contributed by atoms with Gasteiger partial charge in [-0.15, -0.1) is 5.10 Å². The second-order valence-corrected chi connectivity index (χ2v) is 7.24. The zero-order valence-electron chi connectivity index (χ0n) is 17.2. The number of hydrogen-bond acceptors (Lipinski definition) is 5. The molecular weight excluding hydrogens is 428 g/mol. The van der Waals surface area contributed by atoms with E-state index < -0.39 is 5.97 Å². The molecule has 0 unspecified atom stereocenters. The average Bonchev–Trinajstić information content (AvgIpc) is 3.30. The van der Waals surface area contributed by atoms with Gasteiger partial charge in [-0.2, -0.15) is 0 Å². The lowest BCUT2D eigenvalue weighted by Gasteiger charge is -2.11. The van der Waals surface area contributed by atoms with E-state index in [1.807, 2.05) is 12.1 Å². The van der Waals surface area contributed by atoms with Crippen LogP contribution in [0.3, 0.4) is 0 Å². The fraction of sp³-hybridized carbons (Fsp3) is 0.0833. The Morgan fingerprint density at radius 3 is 2.44 bits per heavy atom. The first-order valence-electron chi connectivity index (χ1n) is 9.91. The second-order valence-electron chi connectivity index (χ2n) is 6.81. The predicted molar refractivity (Wildman–Crippen MR) is 122 cm³/mol. The normalized spacial score (nSPS) is 10.6. The molecule has 7 nitrogen and oxygen atoms in total. The van der Waals surface area contributed by atoms with Crippen molar-refractivity contribution >= 4 is 29.2 Å². The summed E-state index contributed by atoms with van der Waals surface area (Å²) in [5, 5.41) is 11.6. The summed E-state index contributed by atoms with van der Waals surface area (Å²) >= 11 is 5.98. The number of halogens is 1. The van der Waals surface area contributed by atoms with Crippen LogP contribution in [0.15, 0.2) is 79.0 Å². The summed E-state index contributed by atoms with van der Waals surface area (Å²) in [5.41, 5.74) is 3.58. The van der Waals surface area contributed by atoms with E-state index in [1.54, 1.807) is 78.5 Å². The van der Waals surface area contributed by atoms with E-state index in [0.717, 1.165) is 16.9 Å². The maximum Gasteiger partial charge on any atom is 0.340 e. The third kappa shape index (κ3) is 4.53. The van der Waals surface area contributed by atoms with Gasteiger partial charge in [-0.1, -0.05) is 41.1 Å². The summed E-state index contributed by atoms with van der Waals surface area (Å²) in [6.07, 6.45) is 1.66. The highest BCUT2D eigenvalue weighted by Gasteiger charge is 2.15. The number of amides is 1. The van der Waals surface area contributed by atoms with Crippen LogP contribution < -0.4 is 5.32 Å². The molecule has 1 N–H and O–H groups in total. The Balaban J connectivity index is 1.55. The maximum atomic E-state index is 12.8. The smallest absolute Gasteiger partial charge is 0.340 e. The number of aromatic nitrogens is 3. The van der Waals surface area contributed by atoms with Gasteiger partial charge < -0.3 is 10.1 Å². The molecule has 3 aromatic carbocycles. The van der Waals surface area contributed by atoms with E-state index in [1.165, 1.54) is 0 Å². The number of hydrogen-bond donors (Lipinski definition) is 1. The third-order valence-electron chi connectivity index (χ3n) is 4.73. The SMILES string of the molecule is CCOC(=O)c1ccccc1NC(=O)c1ccc(-n2nncc2-c2ccc(Cl)cc2)cc1. The summed E-state index contributed by atoms with van der Waals surface area (Å²) in [7, 11) is 0. The van der Waals surface area contributed by atoms with Crippen molar-refractivity contribution in [2.75, 3.05) is 11.9 Å². The van der Waals surface area contributed by atoms with Gasteiger partial charge in [-0.3, -0.25) is 4.79 Å². The Hall–Kier alpha value is -3.97. The van der Waals surface area contributed by atoms with Gasteiger partial charge in [0.2, 0.25) is 0 Å². The minimum Gasteiger partial charge on any atom is -0.462 e. The molecule has 8 heteroatoms. The van der Waals surface area contributed by atoms with E-state index in [0.29, 0.717) is 21.8 Å². The lowest BCUT2D eigenvalue weighted by atomic mass is 10.1. The number of carbonyl (C=O) groups excluding carboxylic acids is 2. The second kappa shape index (κ2) is 9.45. The van der Waals surface area contributed by atoms with Crippen molar-refractivity contribution in [3.05, 3.63) is 95.1 Å². The Kier molecular flexibility index (Phi) is 6.28. The Labute approximate surface area is 189 Å². The van der Waals surface area contributed by atoms with E-state index in [9.17, 15) is 9.59 Å². The van der Waals surface area contributed by atoms with Crippen LogP contribution in [0.4, 0.5) is 5.69 Å². The summed E-state index contributed by atoms with van der Waals surface area (Å²) in [6, 6.07) is 21.0. The van der Waals surface area contributed by atoms with Crippen LogP contribution in [-0.2, 0) is 4.74 Å². The van der Waals surface area contributed by atoms with Crippen molar-refractivity contribution in [3.8, 4) is 16.9 Å². The van der Waals surface area contributed by atoms with Crippen LogP contribution in [0.1, 0.15) is 27.6 Å². The highest BCUT2D eigenvalue weighted by Crippen LogP contribution is 2.24. The fourth-order valence-electron chi connectivity index (χ4n) is 3.17. The number of benzene rings is 3. The first-order valence-corrected chi connectivity index (χ1v) is 10.3. The molecule has 0 aliphatic heterocycles. The molecule has 0 fully saturated rings. The van der Waals surface area contributed by atoms with Gasteiger partial charge in [0.05, 0.1) is 35.4 Å². The largest absolute Gasteiger partial charge is 0.462 e. The number of rotatable bonds is 6. The molecule has 4 aromatic rings. The van der Waals surface area contributed by atoms with E-state index in [4.69, 9.17) is 16.3 Å². The van der Waals surface area contributed by atoms with Crippen molar-refractivity contribution in [1.82, 2.24) is 15.0 Å². The van der Waals surface area contributed by atoms with Gasteiger partial charge >= 0.3 is 5.97 Å². The number of para-hydroxylation sites is 1. The number of anilines is 1. The van der Waals surface area contributed by atoms with Crippen LogP contribution in [0, 0.1) is 0 Å². The minimum atomic E-state index is -0.486. The molecule has 0 aliphatic rings. The summed E-state index contributed by atoms with van der Waals surface area (Å²) in [5.74, 6) is -0.829. The molecule has 1 heterocycles. The molecule has 0 atom stereocenters. The molecule has 0 spiro atoms. The molecule has 0 saturated carbocycles. The van der Waals surface area contributed by atoms with Crippen molar-refractivity contribution in [2.45, 2.75) is 6.92 Å². The molecule has 32 heavy (non-hydrogen) atoms. The van der Waals surface area contributed by atoms with Crippen LogP contribution in [0.5, 0.6) is 0 Å². The van der Waals surface area contributed by atoms with Crippen LogP contribution in [0.2, 0.25) is 5.02 Å². The van der Waals surface area contributed by atoms with Gasteiger partial charge in [0.25, 0.3) is 5.91 Å². The van der Waals surface area contributed by atoms with Crippen molar-refractivity contribution in [1.29, 1.82) is 0 Å². The quantitative estimate of drug-likeness (QED) is 0.420. The molecule has 0 aliphatic carbocycles. The van der Waals surface area contributed by atoms with E-state index >= 15 is 0 Å². The fourth-order valence-corrected chi connectivity index (χ4v) is 3.30. The number of nitrogens with one attached hydrogen (secondary N) is 1. The van der Waals surface area contributed by atoms with Gasteiger partial charge in [0.15, 0.2) is 0 Å². The van der Waals surface area contributed by atoms with Crippen molar-refractivity contribution < 1.29 is 14.3 Å². The Morgan fingerprint density at radius 2 is 1.72 bits per heavy atom. The Morgan fingerprint density at radius 1 is 1.00 bits per heavy atom. The monoisotopic (exact) mass is 446 g/mol. The first kappa shape index (κ1) is 21.3. The van der Waals surface area contributed by atoms with Gasteiger partial charge in [-0.05, 0) is 55.5 Å². The molecular formula is C24H19ClN4O3. The summed E-state index contributed by atoms with van der Waals surface area (Å²) in [4.78, 5) is 24.9. The Bertz CT molecular complexity index is 1250. The predicted octanol–water partition coefficient (Wildman–Crippen LogP) is 5.02. The van der Waals surface area contributed by atoms with E-state index in [-0.39, 0.29) is 12.5 Å².